The molecule has 5 heteroatoms. The highest BCUT2D eigenvalue weighted by atomic mass is 32.1. The van der Waals surface area contributed by atoms with Gasteiger partial charge in [-0.25, -0.2) is 4.79 Å². The molecule has 22 heavy (non-hydrogen) atoms. The van der Waals surface area contributed by atoms with E-state index in [1.54, 1.807) is 11.3 Å². The second-order valence-electron chi connectivity index (χ2n) is 7.64. The predicted octanol–water partition coefficient (Wildman–Crippen LogP) is 3.93. The normalized spacial score (nSPS) is 13.7. The largest absolute Gasteiger partial charge is 0.396 e. The van der Waals surface area contributed by atoms with Crippen molar-refractivity contribution in [3.05, 3.63) is 22.4 Å². The molecular formula is C17H30N2O2S. The maximum absolute atomic E-state index is 12.1. The Balaban J connectivity index is 2.45. The zero-order chi connectivity index (χ0) is 16.8. The number of hydrogen-bond donors (Lipinski definition) is 3. The third kappa shape index (κ3) is 6.36. The van der Waals surface area contributed by atoms with Crippen LogP contribution < -0.4 is 10.6 Å². The predicted molar refractivity (Wildman–Crippen MR) is 93.2 cm³/mol. The van der Waals surface area contributed by atoms with Crippen molar-refractivity contribution < 1.29 is 9.90 Å². The molecular weight excluding hydrogens is 296 g/mol. The molecule has 0 saturated carbocycles. The van der Waals surface area contributed by atoms with Crippen LogP contribution in [0.3, 0.4) is 0 Å². The summed E-state index contributed by atoms with van der Waals surface area (Å²) in [5.74, 6) is 0. The smallest absolute Gasteiger partial charge is 0.315 e. The van der Waals surface area contributed by atoms with Gasteiger partial charge in [-0.3, -0.25) is 0 Å². The lowest BCUT2D eigenvalue weighted by molar-refractivity contribution is 0.148. The molecule has 1 aromatic rings. The maximum atomic E-state index is 12.1. The highest BCUT2D eigenvalue weighted by molar-refractivity contribution is 7.10. The summed E-state index contributed by atoms with van der Waals surface area (Å²) in [6.45, 7) is 11.2. The Morgan fingerprint density at radius 3 is 2.50 bits per heavy atom. The SMILES string of the molecule is CC(C)(CO)CCCNC(=O)NC(c1cccs1)C(C)(C)C. The van der Waals surface area contributed by atoms with E-state index in [0.29, 0.717) is 6.54 Å². The number of hydrogen-bond acceptors (Lipinski definition) is 3. The Hall–Kier alpha value is -1.07. The number of rotatable bonds is 7. The molecule has 1 heterocycles. The van der Waals surface area contributed by atoms with Crippen molar-refractivity contribution in [1.29, 1.82) is 0 Å². The Morgan fingerprint density at radius 2 is 2.00 bits per heavy atom. The van der Waals surface area contributed by atoms with E-state index in [4.69, 9.17) is 0 Å². The van der Waals surface area contributed by atoms with Crippen LogP contribution in [-0.2, 0) is 0 Å². The minimum absolute atomic E-state index is 0.00128. The van der Waals surface area contributed by atoms with Crippen molar-refractivity contribution in [2.24, 2.45) is 10.8 Å². The molecule has 0 spiro atoms. The summed E-state index contributed by atoms with van der Waals surface area (Å²) in [7, 11) is 0. The van der Waals surface area contributed by atoms with Gasteiger partial charge in [-0.2, -0.15) is 0 Å². The Bertz CT molecular complexity index is 450. The van der Waals surface area contributed by atoms with Crippen molar-refractivity contribution in [2.75, 3.05) is 13.2 Å². The molecule has 0 fully saturated rings. The summed E-state index contributed by atoms with van der Waals surface area (Å²) in [6.07, 6.45) is 1.75. The molecule has 0 aromatic carbocycles. The molecule has 0 bridgehead atoms. The van der Waals surface area contributed by atoms with Crippen LogP contribution >= 0.6 is 11.3 Å². The van der Waals surface area contributed by atoms with E-state index in [1.165, 1.54) is 4.88 Å². The van der Waals surface area contributed by atoms with Gasteiger partial charge < -0.3 is 15.7 Å². The average molecular weight is 327 g/mol. The standard InChI is InChI=1S/C17H30N2O2S/c1-16(2,3)14(13-8-6-11-22-13)19-15(21)18-10-7-9-17(4,5)12-20/h6,8,11,14,20H,7,9-10,12H2,1-5H3,(H2,18,19,21). The average Bonchev–Trinajstić information content (AvgIpc) is 2.93. The summed E-state index contributed by atoms with van der Waals surface area (Å²) < 4.78 is 0. The summed E-state index contributed by atoms with van der Waals surface area (Å²) in [6, 6.07) is 3.94. The molecule has 0 saturated heterocycles. The van der Waals surface area contributed by atoms with Crippen LogP contribution in [0.1, 0.15) is 58.4 Å². The monoisotopic (exact) mass is 326 g/mol. The van der Waals surface area contributed by atoms with E-state index in [9.17, 15) is 9.90 Å². The molecule has 0 radical (unpaired) electrons. The van der Waals surface area contributed by atoms with Gasteiger partial charge in [0.2, 0.25) is 0 Å². The number of carbonyl (C=O) groups is 1. The number of amides is 2. The second kappa shape index (κ2) is 7.97. The highest BCUT2D eigenvalue weighted by Gasteiger charge is 2.28. The van der Waals surface area contributed by atoms with Gasteiger partial charge >= 0.3 is 6.03 Å². The summed E-state index contributed by atoms with van der Waals surface area (Å²) >= 11 is 1.66. The van der Waals surface area contributed by atoms with Gasteiger partial charge in [-0.15, -0.1) is 11.3 Å². The minimum Gasteiger partial charge on any atom is -0.396 e. The Kier molecular flexibility index (Phi) is 6.88. The van der Waals surface area contributed by atoms with Crippen LogP contribution in [0.15, 0.2) is 17.5 Å². The first kappa shape index (κ1) is 19.0. The lowest BCUT2D eigenvalue weighted by Crippen LogP contribution is -2.42. The van der Waals surface area contributed by atoms with Gasteiger partial charge in [0.05, 0.1) is 6.04 Å². The van der Waals surface area contributed by atoms with Gasteiger partial charge in [0.15, 0.2) is 0 Å². The van der Waals surface area contributed by atoms with Gasteiger partial charge in [-0.1, -0.05) is 40.7 Å². The van der Waals surface area contributed by atoms with Crippen LogP contribution in [0.4, 0.5) is 4.79 Å². The van der Waals surface area contributed by atoms with E-state index in [1.807, 2.05) is 25.3 Å². The van der Waals surface area contributed by atoms with Crippen LogP contribution in [0.25, 0.3) is 0 Å². The molecule has 0 aliphatic carbocycles. The quantitative estimate of drug-likeness (QED) is 0.665. The van der Waals surface area contributed by atoms with E-state index >= 15 is 0 Å². The fraction of sp³-hybridized carbons (Fsp3) is 0.706. The van der Waals surface area contributed by atoms with Gasteiger partial charge in [0.1, 0.15) is 0 Å². The lowest BCUT2D eigenvalue weighted by atomic mass is 9.86. The molecule has 126 valence electrons. The van der Waals surface area contributed by atoms with Crippen molar-refractivity contribution in [1.82, 2.24) is 10.6 Å². The highest BCUT2D eigenvalue weighted by Crippen LogP contribution is 2.34. The van der Waals surface area contributed by atoms with Crippen molar-refractivity contribution in [3.8, 4) is 0 Å². The number of thiophene rings is 1. The Morgan fingerprint density at radius 1 is 1.32 bits per heavy atom. The fourth-order valence-electron chi connectivity index (χ4n) is 2.20. The van der Waals surface area contributed by atoms with Gasteiger partial charge in [0, 0.05) is 18.0 Å². The minimum atomic E-state index is -0.130. The molecule has 0 aliphatic rings. The van der Waals surface area contributed by atoms with Crippen molar-refractivity contribution in [2.45, 2.75) is 53.5 Å². The van der Waals surface area contributed by atoms with Gasteiger partial charge in [0.25, 0.3) is 0 Å². The Labute approximate surface area is 138 Å². The first-order valence-corrected chi connectivity index (χ1v) is 8.72. The van der Waals surface area contributed by atoms with Gasteiger partial charge in [-0.05, 0) is 35.1 Å². The first-order chi connectivity index (χ1) is 10.2. The topological polar surface area (TPSA) is 61.4 Å². The third-order valence-corrected chi connectivity index (χ3v) is 4.65. The van der Waals surface area contributed by atoms with Crippen LogP contribution in [0.5, 0.6) is 0 Å². The molecule has 1 unspecified atom stereocenters. The molecule has 3 N–H and O–H groups in total. The van der Waals surface area contributed by atoms with Crippen molar-refractivity contribution >= 4 is 17.4 Å². The molecule has 1 aromatic heterocycles. The lowest BCUT2D eigenvalue weighted by Gasteiger charge is -2.31. The maximum Gasteiger partial charge on any atom is 0.315 e. The summed E-state index contributed by atoms with van der Waals surface area (Å²) in [5, 5.41) is 17.2. The summed E-state index contributed by atoms with van der Waals surface area (Å²) in [4.78, 5) is 13.3. The molecule has 1 rings (SSSR count). The molecule has 1 atom stereocenters. The van der Waals surface area contributed by atoms with E-state index < -0.39 is 0 Å². The number of aliphatic hydroxyl groups excluding tert-OH is 1. The molecule has 0 aliphatic heterocycles. The number of carbonyl (C=O) groups excluding carboxylic acids is 1. The van der Waals surface area contributed by atoms with Crippen LogP contribution in [-0.4, -0.2) is 24.3 Å². The fourth-order valence-corrected chi connectivity index (χ4v) is 3.22. The van der Waals surface area contributed by atoms with E-state index in [0.717, 1.165) is 12.8 Å². The van der Waals surface area contributed by atoms with E-state index in [2.05, 4.69) is 37.5 Å². The van der Waals surface area contributed by atoms with Crippen molar-refractivity contribution in [3.63, 3.8) is 0 Å². The molecule has 2 amide bonds. The zero-order valence-electron chi connectivity index (χ0n) is 14.4. The van der Waals surface area contributed by atoms with Crippen LogP contribution in [0, 0.1) is 10.8 Å². The third-order valence-electron chi connectivity index (χ3n) is 3.71. The number of aliphatic hydroxyl groups is 1. The zero-order valence-corrected chi connectivity index (χ0v) is 15.2. The molecule has 4 nitrogen and oxygen atoms in total. The number of urea groups is 1. The van der Waals surface area contributed by atoms with E-state index in [-0.39, 0.29) is 29.5 Å². The van der Waals surface area contributed by atoms with Crippen LogP contribution in [0.2, 0.25) is 0 Å². The first-order valence-electron chi connectivity index (χ1n) is 7.84. The summed E-state index contributed by atoms with van der Waals surface area (Å²) in [5.41, 5.74) is -0.121. The second-order valence-corrected chi connectivity index (χ2v) is 8.62. The number of nitrogens with one attached hydrogen (secondary N) is 2.